The molecule has 3 N–H and O–H groups in total. The van der Waals surface area contributed by atoms with E-state index in [1.807, 2.05) is 0 Å². The fourth-order valence-corrected chi connectivity index (χ4v) is 3.32. The third-order valence-electron chi connectivity index (χ3n) is 3.00. The quantitative estimate of drug-likeness (QED) is 0.508. The molecule has 0 unspecified atom stereocenters. The number of alkyl halides is 2. The van der Waals surface area contributed by atoms with Gasteiger partial charge in [0.1, 0.15) is 0 Å². The van der Waals surface area contributed by atoms with Crippen molar-refractivity contribution in [1.29, 1.82) is 0 Å². The SMILES string of the molecule is CS(=O)(=O)c1cc(N([O-])O)c(C(N)=O)cc1N(CCCl)CCCl. The summed E-state index contributed by atoms with van der Waals surface area (Å²) in [6, 6.07) is 2.03. The third-order valence-corrected chi connectivity index (χ3v) is 4.46. The lowest BCUT2D eigenvalue weighted by Crippen LogP contribution is -2.30. The van der Waals surface area contributed by atoms with Crippen LogP contribution in [-0.4, -0.2) is 50.6 Å². The zero-order valence-corrected chi connectivity index (χ0v) is 14.5. The summed E-state index contributed by atoms with van der Waals surface area (Å²) in [5.74, 6) is -0.629. The van der Waals surface area contributed by atoms with Gasteiger partial charge in [-0.15, -0.1) is 23.2 Å². The highest BCUT2D eigenvalue weighted by Gasteiger charge is 2.23. The predicted octanol–water partition coefficient (Wildman–Crippen LogP) is 1.17. The van der Waals surface area contributed by atoms with E-state index in [-0.39, 0.29) is 41.0 Å². The number of sulfone groups is 1. The van der Waals surface area contributed by atoms with E-state index in [0.717, 1.165) is 18.4 Å². The molecular weight excluding hydrogens is 369 g/mol. The molecule has 0 radical (unpaired) electrons. The molecule has 1 aromatic carbocycles. The van der Waals surface area contributed by atoms with Gasteiger partial charge in [0.25, 0.3) is 5.91 Å². The Labute approximate surface area is 143 Å². The number of amides is 1. The number of hydrogen-bond donors (Lipinski definition) is 2. The maximum absolute atomic E-state index is 12.0. The van der Waals surface area contributed by atoms with Gasteiger partial charge < -0.3 is 21.1 Å². The summed E-state index contributed by atoms with van der Waals surface area (Å²) < 4.78 is 24.0. The Morgan fingerprint density at radius 1 is 1.26 bits per heavy atom. The second kappa shape index (κ2) is 8.02. The number of nitrogens with zero attached hydrogens (tertiary/aromatic N) is 2. The first-order valence-corrected chi connectivity index (χ1v) is 9.30. The van der Waals surface area contributed by atoms with Gasteiger partial charge in [-0.05, 0) is 12.1 Å². The lowest BCUT2D eigenvalue weighted by atomic mass is 10.1. The van der Waals surface area contributed by atoms with Gasteiger partial charge in [-0.25, -0.2) is 8.42 Å². The maximum atomic E-state index is 12.0. The average Bonchev–Trinajstić information content (AvgIpc) is 2.44. The summed E-state index contributed by atoms with van der Waals surface area (Å²) in [4.78, 5) is 12.8. The largest absolute Gasteiger partial charge is 0.733 e. The number of primary amides is 1. The number of hydrogen-bond acceptors (Lipinski definition) is 7. The molecule has 0 bridgehead atoms. The van der Waals surface area contributed by atoms with Crippen LogP contribution < -0.4 is 15.9 Å². The van der Waals surface area contributed by atoms with Gasteiger partial charge in [-0.3, -0.25) is 10.0 Å². The number of rotatable bonds is 8. The molecule has 0 aromatic heterocycles. The fraction of sp³-hybridized carbons (Fsp3) is 0.417. The Morgan fingerprint density at radius 2 is 1.78 bits per heavy atom. The molecule has 0 atom stereocenters. The summed E-state index contributed by atoms with van der Waals surface area (Å²) in [6.45, 7) is 0.517. The number of nitrogens with two attached hydrogens (primary N) is 1. The molecule has 0 aliphatic heterocycles. The van der Waals surface area contributed by atoms with E-state index in [2.05, 4.69) is 0 Å². The topological polar surface area (TPSA) is 127 Å². The average molecular weight is 385 g/mol. The van der Waals surface area contributed by atoms with Crippen molar-refractivity contribution in [2.75, 3.05) is 41.2 Å². The summed E-state index contributed by atoms with van der Waals surface area (Å²) in [6.07, 6.45) is 0.936. The van der Waals surface area contributed by atoms with Crippen LogP contribution in [0.4, 0.5) is 11.4 Å². The van der Waals surface area contributed by atoms with Crippen molar-refractivity contribution in [2.24, 2.45) is 5.73 Å². The van der Waals surface area contributed by atoms with Gasteiger partial charge in [-0.1, -0.05) is 0 Å². The zero-order valence-electron chi connectivity index (χ0n) is 12.2. The van der Waals surface area contributed by atoms with Crippen LogP contribution >= 0.6 is 23.2 Å². The van der Waals surface area contributed by atoms with Crippen molar-refractivity contribution in [3.63, 3.8) is 0 Å². The van der Waals surface area contributed by atoms with Crippen molar-refractivity contribution in [3.8, 4) is 0 Å². The molecule has 11 heteroatoms. The molecule has 1 rings (SSSR count). The molecular formula is C12H16Cl2N3O5S-. The minimum atomic E-state index is -3.77. The highest BCUT2D eigenvalue weighted by molar-refractivity contribution is 7.90. The van der Waals surface area contributed by atoms with E-state index in [0.29, 0.717) is 0 Å². The van der Waals surface area contributed by atoms with Crippen LogP contribution in [0.1, 0.15) is 10.4 Å². The van der Waals surface area contributed by atoms with Crippen molar-refractivity contribution < 1.29 is 18.4 Å². The minimum absolute atomic E-state index is 0.133. The summed E-state index contributed by atoms with van der Waals surface area (Å²) >= 11 is 11.4. The third kappa shape index (κ3) is 4.85. The maximum Gasteiger partial charge on any atom is 0.250 e. The molecule has 0 saturated carbocycles. The van der Waals surface area contributed by atoms with Crippen LogP contribution in [0.2, 0.25) is 0 Å². The summed E-state index contributed by atoms with van der Waals surface area (Å²) in [7, 11) is -3.77. The molecule has 130 valence electrons. The van der Waals surface area contributed by atoms with E-state index in [9.17, 15) is 18.4 Å². The van der Waals surface area contributed by atoms with Crippen molar-refractivity contribution in [3.05, 3.63) is 22.9 Å². The Bertz CT molecular complexity index is 676. The molecule has 0 aliphatic carbocycles. The summed E-state index contributed by atoms with van der Waals surface area (Å²) in [5, 5.41) is 19.7. The van der Waals surface area contributed by atoms with Crippen LogP contribution in [0.5, 0.6) is 0 Å². The normalized spacial score (nSPS) is 11.3. The fourth-order valence-electron chi connectivity index (χ4n) is 2.01. The minimum Gasteiger partial charge on any atom is -0.733 e. The predicted molar refractivity (Wildman–Crippen MR) is 89.4 cm³/mol. The van der Waals surface area contributed by atoms with Crippen LogP contribution in [-0.2, 0) is 9.84 Å². The lowest BCUT2D eigenvalue weighted by Gasteiger charge is -2.29. The molecule has 0 aliphatic rings. The molecule has 0 saturated heterocycles. The van der Waals surface area contributed by atoms with Crippen molar-refractivity contribution in [1.82, 2.24) is 0 Å². The Kier molecular flexibility index (Phi) is 6.90. The van der Waals surface area contributed by atoms with E-state index < -0.39 is 26.7 Å². The molecule has 0 spiro atoms. The second-order valence-electron chi connectivity index (χ2n) is 4.61. The highest BCUT2D eigenvalue weighted by atomic mass is 35.5. The second-order valence-corrected chi connectivity index (χ2v) is 7.35. The number of anilines is 2. The Hall–Kier alpha value is -1.26. The summed E-state index contributed by atoms with van der Waals surface area (Å²) in [5.41, 5.74) is 4.45. The molecule has 0 heterocycles. The first kappa shape index (κ1) is 19.8. The zero-order chi connectivity index (χ0) is 17.8. The molecule has 1 aromatic rings. The molecule has 8 nitrogen and oxygen atoms in total. The van der Waals surface area contributed by atoms with Gasteiger partial charge >= 0.3 is 0 Å². The van der Waals surface area contributed by atoms with Gasteiger partial charge in [0.05, 0.1) is 21.8 Å². The van der Waals surface area contributed by atoms with E-state index in [1.165, 1.54) is 0 Å². The molecule has 1 amide bonds. The first-order valence-electron chi connectivity index (χ1n) is 6.34. The van der Waals surface area contributed by atoms with Gasteiger partial charge in [0.15, 0.2) is 9.84 Å². The van der Waals surface area contributed by atoms with Gasteiger partial charge in [0, 0.05) is 31.1 Å². The van der Waals surface area contributed by atoms with E-state index >= 15 is 0 Å². The van der Waals surface area contributed by atoms with Crippen molar-refractivity contribution >= 4 is 50.3 Å². The van der Waals surface area contributed by atoms with Crippen LogP contribution in [0.25, 0.3) is 0 Å². The van der Waals surface area contributed by atoms with Gasteiger partial charge in [-0.2, -0.15) is 0 Å². The number of halogens is 2. The van der Waals surface area contributed by atoms with E-state index in [1.54, 1.807) is 4.90 Å². The smallest absolute Gasteiger partial charge is 0.250 e. The molecule has 23 heavy (non-hydrogen) atoms. The van der Waals surface area contributed by atoms with Crippen LogP contribution in [0, 0.1) is 5.21 Å². The van der Waals surface area contributed by atoms with Crippen molar-refractivity contribution in [2.45, 2.75) is 4.90 Å². The number of benzene rings is 1. The standard InChI is InChI=1S/C12H16Cl2N3O5S/c1-23(21,22)11-7-9(17(19)20)8(12(15)18)6-10(11)16(4-2-13)5-3-14/h6-7,19H,2-5H2,1H3,(H2,15,18)/q-1. The Morgan fingerprint density at radius 3 is 2.13 bits per heavy atom. The Balaban J connectivity index is 3.71. The van der Waals surface area contributed by atoms with Crippen LogP contribution in [0.3, 0.4) is 0 Å². The van der Waals surface area contributed by atoms with E-state index in [4.69, 9.17) is 34.1 Å². The first-order chi connectivity index (χ1) is 10.6. The van der Waals surface area contributed by atoms with Crippen LogP contribution in [0.15, 0.2) is 17.0 Å². The lowest BCUT2D eigenvalue weighted by molar-refractivity contribution is 0.0999. The van der Waals surface area contributed by atoms with Gasteiger partial charge in [0.2, 0.25) is 0 Å². The number of carbonyl (C=O) groups excluding carboxylic acids is 1. The molecule has 0 fully saturated rings. The monoisotopic (exact) mass is 384 g/mol. The highest BCUT2D eigenvalue weighted by Crippen LogP contribution is 2.33. The number of carbonyl (C=O) groups is 1.